The van der Waals surface area contributed by atoms with Crippen molar-refractivity contribution in [1.82, 2.24) is 19.7 Å². The average molecular weight is 282 g/mol. The molecule has 1 aliphatic rings. The van der Waals surface area contributed by atoms with Crippen LogP contribution in [0.5, 0.6) is 0 Å². The van der Waals surface area contributed by atoms with Gasteiger partial charge in [-0.3, -0.25) is 0 Å². The van der Waals surface area contributed by atoms with Crippen molar-refractivity contribution in [3.8, 4) is 0 Å². The second-order valence-electron chi connectivity index (χ2n) is 4.51. The van der Waals surface area contributed by atoms with E-state index in [2.05, 4.69) is 15.0 Å². The second kappa shape index (κ2) is 4.94. The predicted molar refractivity (Wildman–Crippen MR) is 64.4 cm³/mol. The fourth-order valence-electron chi connectivity index (χ4n) is 2.07. The Morgan fingerprint density at radius 2 is 2.10 bits per heavy atom. The zero-order chi connectivity index (χ0) is 14.3. The van der Waals surface area contributed by atoms with Crippen LogP contribution in [-0.2, 0) is 4.74 Å². The van der Waals surface area contributed by atoms with Gasteiger partial charge in [0.25, 0.3) is 6.29 Å². The van der Waals surface area contributed by atoms with Crippen LogP contribution in [0.2, 0.25) is 0 Å². The molecule has 9 heteroatoms. The van der Waals surface area contributed by atoms with E-state index in [-0.39, 0.29) is 0 Å². The van der Waals surface area contributed by atoms with Gasteiger partial charge in [0, 0.05) is 0 Å². The summed E-state index contributed by atoms with van der Waals surface area (Å²) < 4.78 is 6.46. The molecule has 0 aromatic carbocycles. The molecule has 20 heavy (non-hydrogen) atoms. The molecule has 2 aromatic heterocycles. The van der Waals surface area contributed by atoms with Crippen molar-refractivity contribution in [2.75, 3.05) is 6.61 Å². The number of nitrogens with zero attached hydrogens (tertiary/aromatic N) is 4. The number of aliphatic hydroxyl groups is 3. The van der Waals surface area contributed by atoms with E-state index in [4.69, 9.17) is 14.7 Å². The highest BCUT2D eigenvalue weighted by Gasteiger charge is 2.44. The van der Waals surface area contributed by atoms with Crippen LogP contribution in [0.1, 0.15) is 5.69 Å². The maximum atomic E-state index is 9.81. The first kappa shape index (κ1) is 13.2. The first-order valence-corrected chi connectivity index (χ1v) is 6.06. The summed E-state index contributed by atoms with van der Waals surface area (Å²) in [6, 6.07) is 0. The standard InChI is InChI=1S/C11H14N4O5/c1-5-7-10(13-3-12-5)15(4-14-7)20-11-9(18)8(17)6(2-16)19-11/h3-4,6,8-9,11,16-18H,2H2,1H3/t6-,8-,9-,11-/m1/s1. The molecular formula is C11H14N4O5. The summed E-state index contributed by atoms with van der Waals surface area (Å²) in [5.41, 5.74) is 1.69. The van der Waals surface area contributed by atoms with Crippen LogP contribution in [0.4, 0.5) is 0 Å². The van der Waals surface area contributed by atoms with E-state index in [1.165, 1.54) is 17.4 Å². The molecule has 0 radical (unpaired) electrons. The molecule has 3 rings (SSSR count). The van der Waals surface area contributed by atoms with E-state index >= 15 is 0 Å². The van der Waals surface area contributed by atoms with Gasteiger partial charge in [0.15, 0.2) is 5.65 Å². The topological polar surface area (TPSA) is 123 Å². The normalized spacial score (nSPS) is 30.0. The van der Waals surface area contributed by atoms with Crippen molar-refractivity contribution < 1.29 is 24.9 Å². The van der Waals surface area contributed by atoms with Crippen molar-refractivity contribution in [3.63, 3.8) is 0 Å². The van der Waals surface area contributed by atoms with Gasteiger partial charge in [0.05, 0.1) is 12.3 Å². The Morgan fingerprint density at radius 1 is 1.30 bits per heavy atom. The van der Waals surface area contributed by atoms with Crippen molar-refractivity contribution in [1.29, 1.82) is 0 Å². The van der Waals surface area contributed by atoms with Gasteiger partial charge in [0.2, 0.25) is 0 Å². The molecule has 1 saturated heterocycles. The zero-order valence-electron chi connectivity index (χ0n) is 10.6. The summed E-state index contributed by atoms with van der Waals surface area (Å²) in [6.45, 7) is 1.37. The fourth-order valence-corrected chi connectivity index (χ4v) is 2.07. The molecule has 0 saturated carbocycles. The number of aryl methyl sites for hydroxylation is 1. The van der Waals surface area contributed by atoms with Crippen LogP contribution in [0, 0.1) is 6.92 Å². The van der Waals surface area contributed by atoms with Crippen LogP contribution in [0.25, 0.3) is 11.2 Å². The van der Waals surface area contributed by atoms with Gasteiger partial charge in [0.1, 0.15) is 36.5 Å². The Labute approximate surface area is 113 Å². The number of fused-ring (bicyclic) bond motifs is 1. The highest BCUT2D eigenvalue weighted by molar-refractivity contribution is 5.72. The number of ether oxygens (including phenoxy) is 1. The van der Waals surface area contributed by atoms with Gasteiger partial charge >= 0.3 is 0 Å². The van der Waals surface area contributed by atoms with Gasteiger partial charge in [-0.2, -0.15) is 0 Å². The Kier molecular flexibility index (Phi) is 3.26. The zero-order valence-corrected chi connectivity index (χ0v) is 10.6. The number of rotatable bonds is 3. The number of aromatic nitrogens is 4. The summed E-state index contributed by atoms with van der Waals surface area (Å²) in [5.74, 6) is 0. The Bertz CT molecular complexity index is 618. The highest BCUT2D eigenvalue weighted by Crippen LogP contribution is 2.21. The Hall–Kier alpha value is -1.81. The van der Waals surface area contributed by atoms with Crippen LogP contribution >= 0.6 is 0 Å². The van der Waals surface area contributed by atoms with Crippen LogP contribution in [0.15, 0.2) is 12.7 Å². The van der Waals surface area contributed by atoms with E-state index in [1.54, 1.807) is 6.92 Å². The van der Waals surface area contributed by atoms with E-state index in [9.17, 15) is 10.2 Å². The molecule has 3 N–H and O–H groups in total. The lowest BCUT2D eigenvalue weighted by molar-refractivity contribution is -0.169. The van der Waals surface area contributed by atoms with Crippen LogP contribution in [0.3, 0.4) is 0 Å². The minimum absolute atomic E-state index is 0.413. The molecule has 0 aliphatic carbocycles. The maximum Gasteiger partial charge on any atom is 0.254 e. The van der Waals surface area contributed by atoms with Gasteiger partial charge in [-0.25, -0.2) is 15.0 Å². The number of hydrogen-bond donors (Lipinski definition) is 3. The largest absolute Gasteiger partial charge is 0.394 e. The molecule has 1 fully saturated rings. The summed E-state index contributed by atoms with van der Waals surface area (Å²) in [6.07, 6.45) is -1.74. The molecule has 2 aromatic rings. The SMILES string of the molecule is Cc1ncnc2c1ncn2O[C@H]1O[C@H](CO)[C@@H](O)[C@H]1O. The molecule has 0 spiro atoms. The van der Waals surface area contributed by atoms with Crippen LogP contribution in [-0.4, -0.2) is 66.2 Å². The minimum Gasteiger partial charge on any atom is -0.394 e. The number of hydrogen-bond acceptors (Lipinski definition) is 8. The quantitative estimate of drug-likeness (QED) is 0.591. The van der Waals surface area contributed by atoms with Crippen LogP contribution < -0.4 is 4.84 Å². The highest BCUT2D eigenvalue weighted by atomic mass is 16.8. The first-order chi connectivity index (χ1) is 9.61. The summed E-state index contributed by atoms with van der Waals surface area (Å²) >= 11 is 0. The molecule has 0 amide bonds. The van der Waals surface area contributed by atoms with E-state index in [1.807, 2.05) is 0 Å². The van der Waals surface area contributed by atoms with E-state index in [0.717, 1.165) is 0 Å². The monoisotopic (exact) mass is 282 g/mol. The third-order valence-corrected chi connectivity index (χ3v) is 3.20. The van der Waals surface area contributed by atoms with Gasteiger partial charge in [-0.15, -0.1) is 4.73 Å². The lowest BCUT2D eigenvalue weighted by Crippen LogP contribution is -2.38. The third kappa shape index (κ3) is 2.00. The molecule has 9 nitrogen and oxygen atoms in total. The summed E-state index contributed by atoms with van der Waals surface area (Å²) in [7, 11) is 0. The molecular weight excluding hydrogens is 268 g/mol. The molecule has 108 valence electrons. The summed E-state index contributed by atoms with van der Waals surface area (Å²) in [5, 5.41) is 28.5. The predicted octanol–water partition coefficient (Wildman–Crippen LogP) is -2.00. The third-order valence-electron chi connectivity index (χ3n) is 3.20. The lowest BCUT2D eigenvalue weighted by Gasteiger charge is -2.16. The smallest absolute Gasteiger partial charge is 0.254 e. The molecule has 3 heterocycles. The van der Waals surface area contributed by atoms with Crippen molar-refractivity contribution in [3.05, 3.63) is 18.3 Å². The number of imidazole rings is 1. The number of aliphatic hydroxyl groups excluding tert-OH is 3. The van der Waals surface area contributed by atoms with Crippen molar-refractivity contribution >= 4 is 11.2 Å². The van der Waals surface area contributed by atoms with E-state index < -0.39 is 31.2 Å². The van der Waals surface area contributed by atoms with Gasteiger partial charge < -0.3 is 24.9 Å². The molecule has 4 atom stereocenters. The van der Waals surface area contributed by atoms with E-state index in [0.29, 0.717) is 16.9 Å². The fraction of sp³-hybridized carbons (Fsp3) is 0.545. The van der Waals surface area contributed by atoms with Gasteiger partial charge in [-0.05, 0) is 6.92 Å². The second-order valence-corrected chi connectivity index (χ2v) is 4.51. The summed E-state index contributed by atoms with van der Waals surface area (Å²) in [4.78, 5) is 17.6. The first-order valence-electron chi connectivity index (χ1n) is 6.06. The maximum absolute atomic E-state index is 9.81. The lowest BCUT2D eigenvalue weighted by atomic mass is 10.1. The molecule has 1 aliphatic heterocycles. The van der Waals surface area contributed by atoms with Crippen molar-refractivity contribution in [2.24, 2.45) is 0 Å². The molecule has 0 unspecified atom stereocenters. The van der Waals surface area contributed by atoms with Gasteiger partial charge in [-0.1, -0.05) is 0 Å². The molecule has 0 bridgehead atoms. The Balaban J connectivity index is 1.85. The minimum atomic E-state index is -1.27. The average Bonchev–Trinajstić information content (AvgIpc) is 2.97. The Morgan fingerprint density at radius 3 is 2.80 bits per heavy atom. The van der Waals surface area contributed by atoms with Crippen molar-refractivity contribution in [2.45, 2.75) is 31.5 Å².